The van der Waals surface area contributed by atoms with Gasteiger partial charge in [0.2, 0.25) is 0 Å². The Morgan fingerprint density at radius 3 is 2.57 bits per heavy atom. The van der Waals surface area contributed by atoms with Gasteiger partial charge in [0.15, 0.2) is 5.67 Å². The van der Waals surface area contributed by atoms with Crippen molar-refractivity contribution >= 4 is 5.91 Å². The van der Waals surface area contributed by atoms with Gasteiger partial charge in [0.05, 0.1) is 12.2 Å². The van der Waals surface area contributed by atoms with E-state index in [-0.39, 0.29) is 5.91 Å². The predicted molar refractivity (Wildman–Crippen MR) is 82.3 cm³/mol. The Labute approximate surface area is 135 Å². The molecule has 0 unspecified atom stereocenters. The topological polar surface area (TPSA) is 54.3 Å². The Morgan fingerprint density at radius 1 is 1.09 bits per heavy atom. The third-order valence-corrected chi connectivity index (χ3v) is 5.45. The Morgan fingerprint density at radius 2 is 1.87 bits per heavy atom. The van der Waals surface area contributed by atoms with Gasteiger partial charge in [0.1, 0.15) is 5.69 Å². The maximum absolute atomic E-state index is 14.5. The van der Waals surface area contributed by atoms with Crippen molar-refractivity contribution in [1.29, 1.82) is 0 Å². The van der Waals surface area contributed by atoms with Crippen molar-refractivity contribution in [3.8, 4) is 0 Å². The monoisotopic (exact) mass is 321 g/mol. The molecule has 0 spiro atoms. The van der Waals surface area contributed by atoms with Crippen molar-refractivity contribution in [2.45, 2.75) is 63.8 Å². The Balaban J connectivity index is 1.52. The van der Waals surface area contributed by atoms with Crippen LogP contribution in [-0.4, -0.2) is 56.0 Å². The van der Waals surface area contributed by atoms with E-state index in [0.717, 1.165) is 50.4 Å². The minimum Gasteiger partial charge on any atom is -0.334 e. The first-order valence-electron chi connectivity index (χ1n) is 8.78. The van der Waals surface area contributed by atoms with E-state index in [1.807, 2.05) is 4.68 Å². The molecule has 6 nitrogen and oxygen atoms in total. The van der Waals surface area contributed by atoms with Gasteiger partial charge >= 0.3 is 0 Å². The second-order valence-electron chi connectivity index (χ2n) is 7.09. The van der Waals surface area contributed by atoms with Crippen LogP contribution in [0.15, 0.2) is 0 Å². The summed E-state index contributed by atoms with van der Waals surface area (Å²) in [5, 5.41) is 8.59. The average Bonchev–Trinajstić information content (AvgIpc) is 3.10. The lowest BCUT2D eigenvalue weighted by Crippen LogP contribution is -2.50. The normalized spacial score (nSPS) is 24.1. The van der Waals surface area contributed by atoms with Crippen molar-refractivity contribution in [2.75, 3.05) is 19.6 Å². The maximum Gasteiger partial charge on any atom is 0.260 e. The van der Waals surface area contributed by atoms with Gasteiger partial charge in [0.25, 0.3) is 5.91 Å². The van der Waals surface area contributed by atoms with Crippen LogP contribution in [0.5, 0.6) is 0 Å². The molecule has 1 saturated carbocycles. The number of hydrogen-bond acceptors (Lipinski definition) is 4. The molecule has 1 aromatic rings. The molecule has 2 aliphatic heterocycles. The third-order valence-electron chi connectivity index (χ3n) is 5.45. The molecule has 2 fully saturated rings. The van der Waals surface area contributed by atoms with Gasteiger partial charge in [-0.2, -0.15) is 0 Å². The standard InChI is InChI=1S/C16H24FN5O/c17-16(5-3-6-16)15(23)21-9-4-10-22-14(12-21)13(18-19-22)11-20-7-1-2-8-20/h1-12H2. The van der Waals surface area contributed by atoms with Gasteiger partial charge in [-0.15, -0.1) is 5.10 Å². The number of rotatable bonds is 3. The van der Waals surface area contributed by atoms with E-state index in [1.54, 1.807) is 4.90 Å². The molecule has 7 heteroatoms. The van der Waals surface area contributed by atoms with E-state index in [2.05, 4.69) is 15.2 Å². The van der Waals surface area contributed by atoms with Crippen LogP contribution in [0.2, 0.25) is 0 Å². The van der Waals surface area contributed by atoms with Crippen LogP contribution in [0.3, 0.4) is 0 Å². The van der Waals surface area contributed by atoms with Crippen LogP contribution in [0.4, 0.5) is 4.39 Å². The molecule has 23 heavy (non-hydrogen) atoms. The molecule has 0 N–H and O–H groups in total. The molecule has 4 rings (SSSR count). The first-order chi connectivity index (χ1) is 11.2. The predicted octanol–water partition coefficient (Wildman–Crippen LogP) is 1.50. The number of aryl methyl sites for hydroxylation is 1. The van der Waals surface area contributed by atoms with Crippen molar-refractivity contribution in [3.63, 3.8) is 0 Å². The number of nitrogens with zero attached hydrogens (tertiary/aromatic N) is 5. The summed E-state index contributed by atoms with van der Waals surface area (Å²) < 4.78 is 16.4. The van der Waals surface area contributed by atoms with Crippen molar-refractivity contribution in [1.82, 2.24) is 24.8 Å². The highest BCUT2D eigenvalue weighted by Crippen LogP contribution is 2.38. The number of aromatic nitrogens is 3. The summed E-state index contributed by atoms with van der Waals surface area (Å²) in [6, 6.07) is 0. The zero-order chi connectivity index (χ0) is 15.9. The lowest BCUT2D eigenvalue weighted by molar-refractivity contribution is -0.150. The van der Waals surface area contributed by atoms with Crippen molar-refractivity contribution in [2.24, 2.45) is 0 Å². The third kappa shape index (κ3) is 2.75. The van der Waals surface area contributed by atoms with Crippen molar-refractivity contribution in [3.05, 3.63) is 11.4 Å². The minimum absolute atomic E-state index is 0.328. The summed E-state index contributed by atoms with van der Waals surface area (Å²) >= 11 is 0. The summed E-state index contributed by atoms with van der Waals surface area (Å²) in [4.78, 5) is 16.6. The lowest BCUT2D eigenvalue weighted by Gasteiger charge is -2.36. The van der Waals surface area contributed by atoms with E-state index in [4.69, 9.17) is 0 Å². The Kier molecular flexibility index (Phi) is 3.83. The molecule has 0 bridgehead atoms. The maximum atomic E-state index is 14.5. The van der Waals surface area contributed by atoms with Gasteiger partial charge in [-0.05, 0) is 51.6 Å². The summed E-state index contributed by atoms with van der Waals surface area (Å²) in [5.41, 5.74) is 0.330. The molecular formula is C16H24FN5O. The summed E-state index contributed by atoms with van der Waals surface area (Å²) in [6.45, 7) is 4.80. The van der Waals surface area contributed by atoms with E-state index < -0.39 is 5.67 Å². The fraction of sp³-hybridized carbons (Fsp3) is 0.812. The van der Waals surface area contributed by atoms with E-state index in [0.29, 0.717) is 25.9 Å². The van der Waals surface area contributed by atoms with Crippen LogP contribution in [0.25, 0.3) is 0 Å². The highest BCUT2D eigenvalue weighted by Gasteiger charge is 2.47. The Bertz CT molecular complexity index is 591. The van der Waals surface area contributed by atoms with Crippen LogP contribution >= 0.6 is 0 Å². The van der Waals surface area contributed by atoms with Gasteiger partial charge < -0.3 is 4.90 Å². The van der Waals surface area contributed by atoms with E-state index in [9.17, 15) is 9.18 Å². The van der Waals surface area contributed by atoms with E-state index in [1.165, 1.54) is 12.8 Å². The molecular weight excluding hydrogens is 297 g/mol. The molecule has 1 saturated heterocycles. The lowest BCUT2D eigenvalue weighted by atomic mass is 9.81. The van der Waals surface area contributed by atoms with Crippen LogP contribution < -0.4 is 0 Å². The first-order valence-corrected chi connectivity index (χ1v) is 8.78. The molecule has 0 atom stereocenters. The zero-order valence-electron chi connectivity index (χ0n) is 13.5. The number of fused-ring (bicyclic) bond motifs is 1. The van der Waals surface area contributed by atoms with Crippen LogP contribution in [-0.2, 0) is 24.4 Å². The SMILES string of the molecule is O=C(N1CCCn2nnc(CN3CCCC3)c2C1)C1(F)CCC1. The number of alkyl halides is 1. The van der Waals surface area contributed by atoms with Gasteiger partial charge in [0, 0.05) is 19.6 Å². The summed E-state index contributed by atoms with van der Waals surface area (Å²) in [7, 11) is 0. The zero-order valence-corrected chi connectivity index (χ0v) is 13.5. The van der Waals surface area contributed by atoms with Crippen LogP contribution in [0.1, 0.15) is 49.9 Å². The summed E-state index contributed by atoms with van der Waals surface area (Å²) in [6.07, 6.45) is 4.84. The molecule has 3 aliphatic rings. The fourth-order valence-electron chi connectivity index (χ4n) is 3.83. The number of carbonyl (C=O) groups excluding carboxylic acids is 1. The van der Waals surface area contributed by atoms with Crippen molar-refractivity contribution < 1.29 is 9.18 Å². The van der Waals surface area contributed by atoms with Gasteiger partial charge in [-0.3, -0.25) is 9.69 Å². The average molecular weight is 321 g/mol. The second kappa shape index (κ2) is 5.85. The molecule has 1 aromatic heterocycles. The highest BCUT2D eigenvalue weighted by molar-refractivity contribution is 5.86. The van der Waals surface area contributed by atoms with E-state index >= 15 is 0 Å². The van der Waals surface area contributed by atoms with Crippen LogP contribution in [0, 0.1) is 0 Å². The number of hydrogen-bond donors (Lipinski definition) is 0. The quantitative estimate of drug-likeness (QED) is 0.846. The highest BCUT2D eigenvalue weighted by atomic mass is 19.1. The number of amides is 1. The molecule has 3 heterocycles. The number of carbonyl (C=O) groups is 1. The Hall–Kier alpha value is -1.50. The van der Waals surface area contributed by atoms with Gasteiger partial charge in [-0.25, -0.2) is 9.07 Å². The number of likely N-dealkylation sites (tertiary alicyclic amines) is 1. The molecule has 1 aliphatic carbocycles. The minimum atomic E-state index is -1.61. The molecule has 126 valence electrons. The molecule has 0 aromatic carbocycles. The van der Waals surface area contributed by atoms with Gasteiger partial charge in [-0.1, -0.05) is 5.21 Å². The molecule has 0 radical (unpaired) electrons. The first kappa shape index (κ1) is 15.1. The molecule has 1 amide bonds. The summed E-state index contributed by atoms with van der Waals surface area (Å²) in [5.74, 6) is -0.328. The second-order valence-corrected chi connectivity index (χ2v) is 7.09. The fourth-order valence-corrected chi connectivity index (χ4v) is 3.83. The smallest absolute Gasteiger partial charge is 0.260 e. The number of halogens is 1. The largest absolute Gasteiger partial charge is 0.334 e.